The third kappa shape index (κ3) is 7.45. The highest BCUT2D eigenvalue weighted by Crippen LogP contribution is 2.00. The molecule has 9 heavy (non-hydrogen) atoms. The highest BCUT2D eigenvalue weighted by atomic mass is 35.5. The molecule has 0 bridgehead atoms. The van der Waals surface area contributed by atoms with Crippen molar-refractivity contribution in [2.75, 3.05) is 0 Å². The molecule has 0 heterocycles. The standard InChI is InChI=1S/C6H8ClNO/c7-6(9)4-2-1-3-5-8/h1-4H2. The molecule has 3 heteroatoms. The summed E-state index contributed by atoms with van der Waals surface area (Å²) in [4.78, 5) is 10.1. The molecule has 0 saturated carbocycles. The van der Waals surface area contributed by atoms with E-state index in [1.54, 1.807) is 0 Å². The van der Waals surface area contributed by atoms with Crippen LogP contribution in [0.3, 0.4) is 0 Å². The number of hydrogen-bond acceptors (Lipinski definition) is 2. The van der Waals surface area contributed by atoms with Crippen molar-refractivity contribution in [3.8, 4) is 6.07 Å². The van der Waals surface area contributed by atoms with Crippen LogP contribution in [-0.4, -0.2) is 5.24 Å². The third-order valence-corrected chi connectivity index (χ3v) is 1.10. The zero-order chi connectivity index (χ0) is 7.11. The summed E-state index contributed by atoms with van der Waals surface area (Å²) in [6.45, 7) is 0. The molecule has 0 saturated heterocycles. The van der Waals surface area contributed by atoms with Crippen molar-refractivity contribution >= 4 is 16.8 Å². The van der Waals surface area contributed by atoms with Gasteiger partial charge in [0.05, 0.1) is 6.07 Å². The predicted molar refractivity (Wildman–Crippen MR) is 34.9 cm³/mol. The van der Waals surface area contributed by atoms with Gasteiger partial charge in [-0.1, -0.05) is 0 Å². The molecule has 0 spiro atoms. The molecule has 0 aliphatic rings. The number of nitrogens with zero attached hydrogens (tertiary/aromatic N) is 1. The number of carbonyl (C=O) groups excluding carboxylic acids is 1. The Hall–Kier alpha value is -0.550. The Morgan fingerprint density at radius 3 is 2.67 bits per heavy atom. The number of nitriles is 1. The number of rotatable bonds is 4. The molecule has 0 aromatic heterocycles. The van der Waals surface area contributed by atoms with Gasteiger partial charge in [0.2, 0.25) is 5.24 Å². The average Bonchev–Trinajstić information content (AvgIpc) is 1.80. The largest absolute Gasteiger partial charge is 0.281 e. The van der Waals surface area contributed by atoms with E-state index in [0.717, 1.165) is 12.8 Å². The fraction of sp³-hybridized carbons (Fsp3) is 0.667. The summed E-state index contributed by atoms with van der Waals surface area (Å²) in [6, 6.07) is 1.99. The van der Waals surface area contributed by atoms with E-state index >= 15 is 0 Å². The lowest BCUT2D eigenvalue weighted by atomic mass is 10.2. The van der Waals surface area contributed by atoms with Crippen molar-refractivity contribution in [3.05, 3.63) is 0 Å². The minimum atomic E-state index is -0.312. The highest BCUT2D eigenvalue weighted by molar-refractivity contribution is 6.63. The first-order valence-electron chi connectivity index (χ1n) is 2.82. The van der Waals surface area contributed by atoms with Gasteiger partial charge < -0.3 is 0 Å². The average molecular weight is 146 g/mol. The lowest BCUT2D eigenvalue weighted by Crippen LogP contribution is -1.84. The lowest BCUT2D eigenvalue weighted by Gasteiger charge is -1.88. The van der Waals surface area contributed by atoms with Crippen LogP contribution in [0.4, 0.5) is 0 Å². The zero-order valence-corrected chi connectivity index (χ0v) is 5.82. The Bertz CT molecular complexity index is 128. The van der Waals surface area contributed by atoms with E-state index in [9.17, 15) is 4.79 Å². The van der Waals surface area contributed by atoms with Crippen molar-refractivity contribution in [3.63, 3.8) is 0 Å². The maximum Gasteiger partial charge on any atom is 0.221 e. The molecule has 0 aromatic rings. The first-order chi connectivity index (χ1) is 4.27. The van der Waals surface area contributed by atoms with Crippen LogP contribution in [-0.2, 0) is 4.79 Å². The van der Waals surface area contributed by atoms with Gasteiger partial charge in [0.15, 0.2) is 0 Å². The Balaban J connectivity index is 2.94. The summed E-state index contributed by atoms with van der Waals surface area (Å²) < 4.78 is 0. The van der Waals surface area contributed by atoms with Gasteiger partial charge in [-0.15, -0.1) is 0 Å². The van der Waals surface area contributed by atoms with Crippen LogP contribution in [0.2, 0.25) is 0 Å². The summed E-state index contributed by atoms with van der Waals surface area (Å²) in [5.74, 6) is 0. The Morgan fingerprint density at radius 1 is 1.56 bits per heavy atom. The summed E-state index contributed by atoms with van der Waals surface area (Å²) in [5, 5.41) is 7.75. The SMILES string of the molecule is N#CCCCCC(=O)Cl. The van der Waals surface area contributed by atoms with Gasteiger partial charge in [-0.25, -0.2) is 0 Å². The zero-order valence-electron chi connectivity index (χ0n) is 5.06. The smallest absolute Gasteiger partial charge is 0.221 e. The molecule has 0 N–H and O–H groups in total. The molecular weight excluding hydrogens is 138 g/mol. The van der Waals surface area contributed by atoms with Gasteiger partial charge in [0, 0.05) is 12.8 Å². The number of carbonyl (C=O) groups is 1. The number of unbranched alkanes of at least 4 members (excludes halogenated alkanes) is 2. The van der Waals surface area contributed by atoms with E-state index in [4.69, 9.17) is 16.9 Å². The maximum atomic E-state index is 10.1. The van der Waals surface area contributed by atoms with Crippen LogP contribution in [0.25, 0.3) is 0 Å². The van der Waals surface area contributed by atoms with E-state index in [1.165, 1.54) is 0 Å². The van der Waals surface area contributed by atoms with Crippen molar-refractivity contribution < 1.29 is 4.79 Å². The summed E-state index contributed by atoms with van der Waals surface area (Å²) in [7, 11) is 0. The van der Waals surface area contributed by atoms with Crippen LogP contribution in [0.5, 0.6) is 0 Å². The summed E-state index contributed by atoms with van der Waals surface area (Å²) in [5.41, 5.74) is 0. The van der Waals surface area contributed by atoms with Gasteiger partial charge >= 0.3 is 0 Å². The van der Waals surface area contributed by atoms with E-state index in [-0.39, 0.29) is 5.24 Å². The molecule has 50 valence electrons. The normalized spacial score (nSPS) is 8.44. The van der Waals surface area contributed by atoms with Gasteiger partial charge in [-0.3, -0.25) is 4.79 Å². The molecular formula is C6H8ClNO. The van der Waals surface area contributed by atoms with Gasteiger partial charge in [-0.05, 0) is 24.4 Å². The van der Waals surface area contributed by atoms with Crippen LogP contribution in [0.1, 0.15) is 25.7 Å². The monoisotopic (exact) mass is 145 g/mol. The van der Waals surface area contributed by atoms with Crippen LogP contribution < -0.4 is 0 Å². The summed E-state index contributed by atoms with van der Waals surface area (Å²) >= 11 is 5.03. The van der Waals surface area contributed by atoms with Crippen molar-refractivity contribution in [1.82, 2.24) is 0 Å². The Morgan fingerprint density at radius 2 is 2.22 bits per heavy atom. The second-order valence-corrected chi connectivity index (χ2v) is 2.14. The van der Waals surface area contributed by atoms with E-state index in [1.807, 2.05) is 6.07 Å². The molecule has 0 amide bonds. The number of halogens is 1. The van der Waals surface area contributed by atoms with Crippen LogP contribution >= 0.6 is 11.6 Å². The second kappa shape index (κ2) is 5.58. The van der Waals surface area contributed by atoms with E-state index < -0.39 is 0 Å². The third-order valence-electron chi connectivity index (χ3n) is 0.912. The summed E-state index contributed by atoms with van der Waals surface area (Å²) in [6.07, 6.45) is 2.41. The first kappa shape index (κ1) is 8.45. The molecule has 2 nitrogen and oxygen atoms in total. The van der Waals surface area contributed by atoms with E-state index in [2.05, 4.69) is 0 Å². The molecule has 0 atom stereocenters. The molecule has 0 radical (unpaired) electrons. The van der Waals surface area contributed by atoms with Crippen LogP contribution in [0.15, 0.2) is 0 Å². The predicted octanol–water partition coefficient (Wildman–Crippen LogP) is 1.84. The minimum Gasteiger partial charge on any atom is -0.281 e. The van der Waals surface area contributed by atoms with Crippen molar-refractivity contribution in [2.24, 2.45) is 0 Å². The molecule has 0 aromatic carbocycles. The van der Waals surface area contributed by atoms with Gasteiger partial charge in [0.1, 0.15) is 0 Å². The highest BCUT2D eigenvalue weighted by Gasteiger charge is 1.93. The fourth-order valence-corrected chi connectivity index (χ4v) is 0.602. The fourth-order valence-electron chi connectivity index (χ4n) is 0.468. The quantitative estimate of drug-likeness (QED) is 0.447. The topological polar surface area (TPSA) is 40.9 Å². The Labute approximate surface area is 59.4 Å². The molecule has 0 aliphatic heterocycles. The van der Waals surface area contributed by atoms with Crippen LogP contribution in [0, 0.1) is 11.3 Å². The number of hydrogen-bond donors (Lipinski definition) is 0. The van der Waals surface area contributed by atoms with Crippen molar-refractivity contribution in [2.45, 2.75) is 25.7 Å². The van der Waals surface area contributed by atoms with Gasteiger partial charge in [0.25, 0.3) is 0 Å². The second-order valence-electron chi connectivity index (χ2n) is 1.72. The molecule has 0 unspecified atom stereocenters. The van der Waals surface area contributed by atoms with E-state index in [0.29, 0.717) is 12.8 Å². The molecule has 0 aliphatic carbocycles. The minimum absolute atomic E-state index is 0.312. The van der Waals surface area contributed by atoms with Crippen molar-refractivity contribution in [1.29, 1.82) is 5.26 Å². The Kier molecular flexibility index (Phi) is 5.24. The lowest BCUT2D eigenvalue weighted by molar-refractivity contribution is -0.111. The first-order valence-corrected chi connectivity index (χ1v) is 3.20. The molecule has 0 rings (SSSR count). The maximum absolute atomic E-state index is 10.1. The molecule has 0 fully saturated rings. The van der Waals surface area contributed by atoms with Gasteiger partial charge in [-0.2, -0.15) is 5.26 Å².